The van der Waals surface area contributed by atoms with Crippen LogP contribution >= 0.6 is 11.6 Å². The van der Waals surface area contributed by atoms with E-state index in [2.05, 4.69) is 5.32 Å². The van der Waals surface area contributed by atoms with E-state index in [0.717, 1.165) is 6.42 Å². The molecule has 1 aromatic carbocycles. The van der Waals surface area contributed by atoms with Crippen LogP contribution in [0.25, 0.3) is 0 Å². The molecule has 0 aromatic heterocycles. The average Bonchev–Trinajstić information content (AvgIpc) is 2.42. The lowest BCUT2D eigenvalue weighted by Gasteiger charge is -2.27. The number of hydrogen-bond acceptors (Lipinski definition) is 3. The van der Waals surface area contributed by atoms with Crippen molar-refractivity contribution in [2.75, 3.05) is 18.5 Å². The first kappa shape index (κ1) is 17.8. The van der Waals surface area contributed by atoms with Gasteiger partial charge in [-0.3, -0.25) is 4.79 Å². The third-order valence-electron chi connectivity index (χ3n) is 3.16. The highest BCUT2D eigenvalue weighted by molar-refractivity contribution is 6.32. The van der Waals surface area contributed by atoms with E-state index in [1.54, 1.807) is 18.2 Å². The maximum atomic E-state index is 12.4. The standard InChI is InChI=1S/C16H24ClNO3/c1-5-10-16(4,21-7-3)15(19)18-12-8-9-14(20-6-2)13(17)11-12/h8-9,11H,5-7,10H2,1-4H3,(H,18,19)/t16-/m0/s1. The molecule has 0 aliphatic carbocycles. The van der Waals surface area contributed by atoms with Crippen molar-refractivity contribution in [3.05, 3.63) is 23.2 Å². The molecule has 0 saturated carbocycles. The van der Waals surface area contributed by atoms with E-state index in [9.17, 15) is 4.79 Å². The second-order valence-electron chi connectivity index (χ2n) is 4.95. The second-order valence-corrected chi connectivity index (χ2v) is 5.35. The Morgan fingerprint density at radius 1 is 1.29 bits per heavy atom. The number of ether oxygens (including phenoxy) is 2. The summed E-state index contributed by atoms with van der Waals surface area (Å²) in [4.78, 5) is 12.4. The number of rotatable bonds is 8. The second kappa shape index (κ2) is 8.25. The van der Waals surface area contributed by atoms with Crippen molar-refractivity contribution in [3.8, 4) is 5.75 Å². The molecule has 1 N–H and O–H groups in total. The molecular formula is C16H24ClNO3. The summed E-state index contributed by atoms with van der Waals surface area (Å²) in [6, 6.07) is 5.20. The molecule has 0 spiro atoms. The fraction of sp³-hybridized carbons (Fsp3) is 0.562. The smallest absolute Gasteiger partial charge is 0.256 e. The van der Waals surface area contributed by atoms with Gasteiger partial charge in [-0.05, 0) is 45.4 Å². The number of anilines is 1. The molecule has 0 aliphatic rings. The molecule has 0 saturated heterocycles. The fourth-order valence-corrected chi connectivity index (χ4v) is 2.40. The number of hydrogen-bond donors (Lipinski definition) is 1. The van der Waals surface area contributed by atoms with Gasteiger partial charge in [-0.1, -0.05) is 24.9 Å². The van der Waals surface area contributed by atoms with E-state index < -0.39 is 5.60 Å². The lowest BCUT2D eigenvalue weighted by Crippen LogP contribution is -2.42. The molecule has 0 unspecified atom stereocenters. The third kappa shape index (κ3) is 4.90. The van der Waals surface area contributed by atoms with Crippen LogP contribution in [0.5, 0.6) is 5.75 Å². The Kier molecular flexibility index (Phi) is 6.99. The van der Waals surface area contributed by atoms with Crippen LogP contribution in [0.4, 0.5) is 5.69 Å². The Morgan fingerprint density at radius 2 is 2.00 bits per heavy atom. The maximum absolute atomic E-state index is 12.4. The quantitative estimate of drug-likeness (QED) is 0.779. The number of amides is 1. The molecule has 0 radical (unpaired) electrons. The van der Waals surface area contributed by atoms with Crippen molar-refractivity contribution in [1.82, 2.24) is 0 Å². The number of benzene rings is 1. The Hall–Kier alpha value is -1.26. The van der Waals surface area contributed by atoms with Crippen molar-refractivity contribution in [2.24, 2.45) is 0 Å². The molecule has 4 nitrogen and oxygen atoms in total. The third-order valence-corrected chi connectivity index (χ3v) is 3.46. The zero-order chi connectivity index (χ0) is 15.9. The molecule has 1 atom stereocenters. The molecule has 0 heterocycles. The van der Waals surface area contributed by atoms with Crippen molar-refractivity contribution in [2.45, 2.75) is 46.1 Å². The summed E-state index contributed by atoms with van der Waals surface area (Å²) in [5, 5.41) is 3.33. The summed E-state index contributed by atoms with van der Waals surface area (Å²) in [5.41, 5.74) is -0.190. The Balaban J connectivity index is 2.84. The predicted molar refractivity (Wildman–Crippen MR) is 86.2 cm³/mol. The molecule has 1 amide bonds. The van der Waals surface area contributed by atoms with E-state index >= 15 is 0 Å². The highest BCUT2D eigenvalue weighted by Gasteiger charge is 2.32. The van der Waals surface area contributed by atoms with Crippen LogP contribution in [0.15, 0.2) is 18.2 Å². The largest absolute Gasteiger partial charge is 0.492 e. The fourth-order valence-electron chi connectivity index (χ4n) is 2.16. The van der Waals surface area contributed by atoms with Crippen LogP contribution in [0.3, 0.4) is 0 Å². The van der Waals surface area contributed by atoms with Crippen LogP contribution < -0.4 is 10.1 Å². The minimum absolute atomic E-state index is 0.161. The zero-order valence-corrected chi connectivity index (χ0v) is 13.9. The highest BCUT2D eigenvalue weighted by Crippen LogP contribution is 2.28. The van der Waals surface area contributed by atoms with Crippen LogP contribution in [0.1, 0.15) is 40.5 Å². The van der Waals surface area contributed by atoms with Crippen LogP contribution in [-0.2, 0) is 9.53 Å². The molecule has 21 heavy (non-hydrogen) atoms. The van der Waals surface area contributed by atoms with Crippen molar-refractivity contribution >= 4 is 23.2 Å². The van der Waals surface area contributed by atoms with Gasteiger partial charge in [0.1, 0.15) is 11.4 Å². The van der Waals surface area contributed by atoms with Crippen LogP contribution in [-0.4, -0.2) is 24.7 Å². The monoisotopic (exact) mass is 313 g/mol. The molecular weight excluding hydrogens is 290 g/mol. The highest BCUT2D eigenvalue weighted by atomic mass is 35.5. The first-order valence-corrected chi connectivity index (χ1v) is 7.72. The topological polar surface area (TPSA) is 47.6 Å². The predicted octanol–water partition coefficient (Wildman–Crippen LogP) is 4.27. The summed E-state index contributed by atoms with van der Waals surface area (Å²) in [6.45, 7) is 8.65. The lowest BCUT2D eigenvalue weighted by atomic mass is 9.99. The Bertz CT molecular complexity index is 471. The molecule has 118 valence electrons. The number of carbonyl (C=O) groups excluding carboxylic acids is 1. The summed E-state index contributed by atoms with van der Waals surface area (Å²) in [5.74, 6) is 0.449. The van der Waals surface area contributed by atoms with Gasteiger partial charge in [0.15, 0.2) is 0 Å². The van der Waals surface area contributed by atoms with Gasteiger partial charge in [0.25, 0.3) is 5.91 Å². The average molecular weight is 314 g/mol. The minimum atomic E-state index is -0.825. The van der Waals surface area contributed by atoms with Gasteiger partial charge in [-0.15, -0.1) is 0 Å². The van der Waals surface area contributed by atoms with Gasteiger partial charge in [0, 0.05) is 12.3 Å². The first-order valence-electron chi connectivity index (χ1n) is 7.34. The van der Waals surface area contributed by atoms with Gasteiger partial charge in [-0.2, -0.15) is 0 Å². The Labute approximate surface area is 131 Å². The molecule has 5 heteroatoms. The van der Waals surface area contributed by atoms with E-state index in [0.29, 0.717) is 36.1 Å². The summed E-state index contributed by atoms with van der Waals surface area (Å²) < 4.78 is 11.0. The van der Waals surface area contributed by atoms with Gasteiger partial charge >= 0.3 is 0 Å². The first-order chi connectivity index (χ1) is 9.96. The minimum Gasteiger partial charge on any atom is -0.492 e. The molecule has 1 aromatic rings. The zero-order valence-electron chi connectivity index (χ0n) is 13.2. The molecule has 1 rings (SSSR count). The van der Waals surface area contributed by atoms with E-state index in [1.807, 2.05) is 27.7 Å². The van der Waals surface area contributed by atoms with E-state index in [1.165, 1.54) is 0 Å². The normalized spacial score (nSPS) is 13.6. The van der Waals surface area contributed by atoms with Gasteiger partial charge in [0.2, 0.25) is 0 Å². The summed E-state index contributed by atoms with van der Waals surface area (Å²) in [7, 11) is 0. The molecule has 0 aliphatic heterocycles. The van der Waals surface area contributed by atoms with Crippen molar-refractivity contribution in [3.63, 3.8) is 0 Å². The lowest BCUT2D eigenvalue weighted by molar-refractivity contribution is -0.139. The Morgan fingerprint density at radius 3 is 2.52 bits per heavy atom. The van der Waals surface area contributed by atoms with Gasteiger partial charge in [-0.25, -0.2) is 0 Å². The summed E-state index contributed by atoms with van der Waals surface area (Å²) in [6.07, 6.45) is 1.53. The molecule has 0 fully saturated rings. The van der Waals surface area contributed by atoms with Gasteiger partial charge in [0.05, 0.1) is 11.6 Å². The summed E-state index contributed by atoms with van der Waals surface area (Å²) >= 11 is 6.12. The van der Waals surface area contributed by atoms with Crippen LogP contribution in [0, 0.1) is 0 Å². The van der Waals surface area contributed by atoms with E-state index in [4.69, 9.17) is 21.1 Å². The molecule has 0 bridgehead atoms. The SMILES string of the molecule is CCC[C@](C)(OCC)C(=O)Nc1ccc(OCC)c(Cl)c1. The van der Waals surface area contributed by atoms with Crippen molar-refractivity contribution < 1.29 is 14.3 Å². The number of carbonyl (C=O) groups is 1. The number of halogens is 1. The van der Waals surface area contributed by atoms with Crippen molar-refractivity contribution in [1.29, 1.82) is 0 Å². The maximum Gasteiger partial charge on any atom is 0.256 e. The van der Waals surface area contributed by atoms with Crippen LogP contribution in [0.2, 0.25) is 5.02 Å². The van der Waals surface area contributed by atoms with E-state index in [-0.39, 0.29) is 5.91 Å². The van der Waals surface area contributed by atoms with Gasteiger partial charge < -0.3 is 14.8 Å². The number of nitrogens with one attached hydrogen (secondary N) is 1.